The van der Waals surface area contributed by atoms with Crippen molar-refractivity contribution in [3.63, 3.8) is 0 Å². The fourth-order valence-electron chi connectivity index (χ4n) is 3.05. The molecule has 3 nitrogen and oxygen atoms in total. The van der Waals surface area contributed by atoms with Crippen LogP contribution in [0.15, 0.2) is 24.3 Å². The highest BCUT2D eigenvalue weighted by Crippen LogP contribution is 2.34. The molecule has 0 amide bonds. The van der Waals surface area contributed by atoms with Gasteiger partial charge in [0.25, 0.3) is 0 Å². The van der Waals surface area contributed by atoms with Gasteiger partial charge in [-0.25, -0.2) is 0 Å². The van der Waals surface area contributed by atoms with Crippen LogP contribution in [0, 0.1) is 5.92 Å². The summed E-state index contributed by atoms with van der Waals surface area (Å²) in [6, 6.07) is 6.19. The summed E-state index contributed by atoms with van der Waals surface area (Å²) in [6.45, 7) is 7.62. The van der Waals surface area contributed by atoms with Crippen LogP contribution in [0.2, 0.25) is 0 Å². The van der Waals surface area contributed by atoms with Gasteiger partial charge in [-0.2, -0.15) is 17.6 Å². The van der Waals surface area contributed by atoms with Crippen molar-refractivity contribution in [3.05, 3.63) is 29.8 Å². The number of benzene rings is 1. The van der Waals surface area contributed by atoms with Crippen molar-refractivity contribution in [2.75, 3.05) is 26.2 Å². The topological polar surface area (TPSA) is 24.5 Å². The van der Waals surface area contributed by atoms with E-state index in [-0.39, 0.29) is 36.6 Å². The molecular formula is C17H26Cl2F4N2O. The molecule has 1 N–H and O–H groups in total. The average molecular weight is 421 g/mol. The van der Waals surface area contributed by atoms with Crippen LogP contribution >= 0.6 is 24.8 Å². The minimum absolute atomic E-state index is 0. The monoisotopic (exact) mass is 420 g/mol. The molecule has 0 aromatic heterocycles. The second-order valence-electron chi connectivity index (χ2n) is 6.15. The van der Waals surface area contributed by atoms with Crippen LogP contribution in [-0.2, 0) is 0 Å². The summed E-state index contributed by atoms with van der Waals surface area (Å²) in [6.07, 6.45) is -7.42. The number of piperazine rings is 1. The van der Waals surface area contributed by atoms with Gasteiger partial charge in [0.2, 0.25) is 0 Å². The molecule has 1 aromatic rings. The van der Waals surface area contributed by atoms with E-state index < -0.39 is 12.5 Å². The van der Waals surface area contributed by atoms with E-state index in [0.717, 1.165) is 38.2 Å². The van der Waals surface area contributed by atoms with Gasteiger partial charge in [0.05, 0.1) is 0 Å². The van der Waals surface area contributed by atoms with Crippen LogP contribution < -0.4 is 10.1 Å². The Morgan fingerprint density at radius 2 is 1.81 bits per heavy atom. The third-order valence-electron chi connectivity index (χ3n) is 4.44. The number of nitrogens with zero attached hydrogens (tertiary/aromatic N) is 1. The Balaban J connectivity index is 0.00000312. The van der Waals surface area contributed by atoms with Crippen molar-refractivity contribution in [3.8, 4) is 5.75 Å². The van der Waals surface area contributed by atoms with Gasteiger partial charge < -0.3 is 10.1 Å². The predicted molar refractivity (Wildman–Crippen MR) is 99.2 cm³/mol. The number of alkyl halides is 4. The summed E-state index contributed by atoms with van der Waals surface area (Å²) in [5, 5.41) is 3.28. The molecule has 0 radical (unpaired) electrons. The maximum absolute atomic E-state index is 13.2. The van der Waals surface area contributed by atoms with Crippen LogP contribution in [0.1, 0.15) is 31.9 Å². The first kappa shape index (κ1) is 25.2. The van der Waals surface area contributed by atoms with Crippen LogP contribution in [0.25, 0.3) is 0 Å². The molecule has 1 heterocycles. The number of hydrogen-bond acceptors (Lipinski definition) is 3. The zero-order chi connectivity index (χ0) is 17.7. The maximum atomic E-state index is 13.2. The highest BCUT2D eigenvalue weighted by molar-refractivity contribution is 5.85. The lowest BCUT2D eigenvalue weighted by Crippen LogP contribution is -2.46. The van der Waals surface area contributed by atoms with E-state index >= 15 is 0 Å². The lowest BCUT2D eigenvalue weighted by atomic mass is 9.90. The zero-order valence-electron chi connectivity index (χ0n) is 14.8. The van der Waals surface area contributed by atoms with Gasteiger partial charge in [0, 0.05) is 32.2 Å². The lowest BCUT2D eigenvalue weighted by Gasteiger charge is -2.38. The third-order valence-corrected chi connectivity index (χ3v) is 4.44. The van der Waals surface area contributed by atoms with Crippen molar-refractivity contribution < 1.29 is 22.3 Å². The number of rotatable bonds is 7. The summed E-state index contributed by atoms with van der Waals surface area (Å²) in [4.78, 5) is 2.30. The fourth-order valence-corrected chi connectivity index (χ4v) is 3.05. The number of ether oxygens (including phenoxy) is 1. The number of hydrogen-bond donors (Lipinski definition) is 1. The summed E-state index contributed by atoms with van der Waals surface area (Å²) < 4.78 is 55.2. The highest BCUT2D eigenvalue weighted by atomic mass is 35.5. The molecule has 1 aliphatic rings. The van der Waals surface area contributed by atoms with Gasteiger partial charge in [0.15, 0.2) is 0 Å². The van der Waals surface area contributed by atoms with Gasteiger partial charge in [-0.3, -0.25) is 4.90 Å². The molecule has 1 saturated heterocycles. The Morgan fingerprint density at radius 3 is 2.35 bits per heavy atom. The molecule has 1 aromatic carbocycles. The van der Waals surface area contributed by atoms with E-state index in [1.54, 1.807) is 6.07 Å². The first-order valence-electron chi connectivity index (χ1n) is 8.25. The quantitative estimate of drug-likeness (QED) is 0.643. The molecule has 152 valence electrons. The summed E-state index contributed by atoms with van der Waals surface area (Å²) >= 11 is 0. The van der Waals surface area contributed by atoms with Crippen molar-refractivity contribution >= 4 is 24.8 Å². The standard InChI is InChI=1S/C17H24F4N2O.2ClH/c1-3-12(2)15(23-9-7-22-8-10-23)13-5-4-6-14(11-13)24-17(20,21)16(18)19;;/h4-6,11-12,15-16,22H,3,7-10H2,1-2H3;2*1H/t12?,15-;;/m0../s1. The van der Waals surface area contributed by atoms with Crippen molar-refractivity contribution in [2.24, 2.45) is 5.92 Å². The van der Waals surface area contributed by atoms with E-state index in [9.17, 15) is 17.6 Å². The fraction of sp³-hybridized carbons (Fsp3) is 0.647. The average Bonchev–Trinajstić information content (AvgIpc) is 2.55. The molecular weight excluding hydrogens is 395 g/mol. The molecule has 1 unspecified atom stereocenters. The van der Waals surface area contributed by atoms with Crippen LogP contribution in [-0.4, -0.2) is 43.6 Å². The first-order chi connectivity index (χ1) is 11.3. The Labute approximate surface area is 164 Å². The SMILES string of the molecule is CCC(C)[C@@H](c1cccc(OC(F)(F)C(F)F)c1)N1CCNCC1.Cl.Cl. The van der Waals surface area contributed by atoms with E-state index in [1.165, 1.54) is 12.1 Å². The van der Waals surface area contributed by atoms with Crippen molar-refractivity contribution in [1.82, 2.24) is 10.2 Å². The maximum Gasteiger partial charge on any atom is 0.461 e. The van der Waals surface area contributed by atoms with Gasteiger partial charge >= 0.3 is 12.5 Å². The molecule has 1 aliphatic heterocycles. The van der Waals surface area contributed by atoms with Gasteiger partial charge in [-0.1, -0.05) is 32.4 Å². The summed E-state index contributed by atoms with van der Waals surface area (Å²) in [5.74, 6) is 0.0650. The molecule has 2 rings (SSSR count). The summed E-state index contributed by atoms with van der Waals surface area (Å²) in [5.41, 5.74) is 0.814. The molecule has 0 spiro atoms. The second-order valence-corrected chi connectivity index (χ2v) is 6.15. The Hall–Kier alpha value is -0.760. The smallest absolute Gasteiger partial charge is 0.428 e. The zero-order valence-corrected chi connectivity index (χ0v) is 16.4. The molecule has 1 fully saturated rings. The number of halogens is 6. The Morgan fingerprint density at radius 1 is 1.19 bits per heavy atom. The van der Waals surface area contributed by atoms with E-state index in [0.29, 0.717) is 5.92 Å². The first-order valence-corrected chi connectivity index (χ1v) is 8.25. The molecule has 0 bridgehead atoms. The van der Waals surface area contributed by atoms with E-state index in [4.69, 9.17) is 0 Å². The van der Waals surface area contributed by atoms with Gasteiger partial charge in [0.1, 0.15) is 5.75 Å². The molecule has 9 heteroatoms. The van der Waals surface area contributed by atoms with Gasteiger partial charge in [-0.05, 0) is 23.6 Å². The Kier molecular flexibility index (Phi) is 10.8. The minimum Gasteiger partial charge on any atom is -0.428 e. The van der Waals surface area contributed by atoms with Gasteiger partial charge in [-0.15, -0.1) is 24.8 Å². The highest BCUT2D eigenvalue weighted by Gasteiger charge is 2.44. The van der Waals surface area contributed by atoms with E-state index in [2.05, 4.69) is 28.8 Å². The summed E-state index contributed by atoms with van der Waals surface area (Å²) in [7, 11) is 0. The number of nitrogens with one attached hydrogen (secondary N) is 1. The van der Waals surface area contributed by atoms with Crippen LogP contribution in [0.5, 0.6) is 5.75 Å². The second kappa shape index (κ2) is 11.2. The third kappa shape index (κ3) is 6.44. The van der Waals surface area contributed by atoms with Crippen LogP contribution in [0.3, 0.4) is 0 Å². The predicted octanol–water partition coefficient (Wildman–Crippen LogP) is 4.76. The lowest BCUT2D eigenvalue weighted by molar-refractivity contribution is -0.253. The van der Waals surface area contributed by atoms with Crippen LogP contribution in [0.4, 0.5) is 17.6 Å². The molecule has 0 saturated carbocycles. The molecule has 26 heavy (non-hydrogen) atoms. The van der Waals surface area contributed by atoms with Crippen molar-refractivity contribution in [2.45, 2.75) is 38.8 Å². The van der Waals surface area contributed by atoms with E-state index in [1.807, 2.05) is 6.07 Å². The Bertz CT molecular complexity index is 531. The normalized spacial score (nSPS) is 17.8. The molecule has 2 atom stereocenters. The molecule has 0 aliphatic carbocycles. The largest absolute Gasteiger partial charge is 0.461 e. The van der Waals surface area contributed by atoms with Crippen molar-refractivity contribution in [1.29, 1.82) is 0 Å². The minimum atomic E-state index is -4.49.